The third kappa shape index (κ3) is 6.92. The summed E-state index contributed by atoms with van der Waals surface area (Å²) in [7, 11) is 0. The van der Waals surface area contributed by atoms with Crippen LogP contribution in [-0.4, -0.2) is 27.8 Å². The molecule has 0 aliphatic rings. The van der Waals surface area contributed by atoms with E-state index in [2.05, 4.69) is 20.6 Å². The highest BCUT2D eigenvalue weighted by Gasteiger charge is 2.21. The van der Waals surface area contributed by atoms with Crippen molar-refractivity contribution in [1.29, 1.82) is 0 Å². The SMILES string of the molecule is CCCC(NC(=O)Cc1cccc(Oc2ccccc2)c1)C(=O)Nc1nccc(C)n1. The maximum Gasteiger partial charge on any atom is 0.249 e. The molecule has 1 aromatic heterocycles. The lowest BCUT2D eigenvalue weighted by Gasteiger charge is -2.17. The van der Waals surface area contributed by atoms with Crippen LogP contribution in [0.4, 0.5) is 5.95 Å². The summed E-state index contributed by atoms with van der Waals surface area (Å²) >= 11 is 0. The molecule has 31 heavy (non-hydrogen) atoms. The first-order chi connectivity index (χ1) is 15.0. The molecule has 2 N–H and O–H groups in total. The molecule has 2 aromatic carbocycles. The van der Waals surface area contributed by atoms with Gasteiger partial charge in [0.05, 0.1) is 6.42 Å². The number of aryl methyl sites for hydroxylation is 1. The molecule has 3 aromatic rings. The van der Waals surface area contributed by atoms with E-state index in [-0.39, 0.29) is 24.2 Å². The van der Waals surface area contributed by atoms with Crippen molar-refractivity contribution in [1.82, 2.24) is 15.3 Å². The number of benzene rings is 2. The number of aromatic nitrogens is 2. The Morgan fingerprint density at radius 2 is 1.81 bits per heavy atom. The van der Waals surface area contributed by atoms with Gasteiger partial charge in [-0.15, -0.1) is 0 Å². The van der Waals surface area contributed by atoms with E-state index < -0.39 is 6.04 Å². The fraction of sp³-hybridized carbons (Fsp3) is 0.250. The molecule has 1 heterocycles. The quantitative estimate of drug-likeness (QED) is 0.547. The van der Waals surface area contributed by atoms with Gasteiger partial charge in [-0.25, -0.2) is 9.97 Å². The summed E-state index contributed by atoms with van der Waals surface area (Å²) in [6, 6.07) is 17.9. The average Bonchev–Trinajstić information content (AvgIpc) is 2.74. The van der Waals surface area contributed by atoms with Gasteiger partial charge in [0.1, 0.15) is 17.5 Å². The van der Waals surface area contributed by atoms with Gasteiger partial charge in [-0.2, -0.15) is 0 Å². The average molecular weight is 418 g/mol. The molecule has 0 fully saturated rings. The molecular formula is C24H26N4O3. The normalized spacial score (nSPS) is 11.4. The highest BCUT2D eigenvalue weighted by molar-refractivity contribution is 5.96. The van der Waals surface area contributed by atoms with Crippen molar-refractivity contribution >= 4 is 17.8 Å². The minimum atomic E-state index is -0.662. The van der Waals surface area contributed by atoms with Crippen LogP contribution in [0.2, 0.25) is 0 Å². The molecule has 0 aliphatic heterocycles. The second kappa shape index (κ2) is 10.9. The Hall–Kier alpha value is -3.74. The third-order valence-electron chi connectivity index (χ3n) is 4.50. The highest BCUT2D eigenvalue weighted by Crippen LogP contribution is 2.22. The molecule has 0 radical (unpaired) electrons. The van der Waals surface area contributed by atoms with E-state index in [0.717, 1.165) is 23.4 Å². The fourth-order valence-electron chi connectivity index (χ4n) is 3.04. The van der Waals surface area contributed by atoms with E-state index in [1.807, 2.05) is 68.4 Å². The monoisotopic (exact) mass is 418 g/mol. The van der Waals surface area contributed by atoms with Crippen molar-refractivity contribution in [3.05, 3.63) is 78.1 Å². The molecule has 0 saturated heterocycles. The van der Waals surface area contributed by atoms with Crippen molar-refractivity contribution in [3.8, 4) is 11.5 Å². The predicted octanol–water partition coefficient (Wildman–Crippen LogP) is 4.04. The maximum absolute atomic E-state index is 12.6. The molecule has 0 spiro atoms. The summed E-state index contributed by atoms with van der Waals surface area (Å²) in [6.45, 7) is 3.78. The number of hydrogen-bond donors (Lipinski definition) is 2. The third-order valence-corrected chi connectivity index (χ3v) is 4.50. The summed E-state index contributed by atoms with van der Waals surface area (Å²) in [6.07, 6.45) is 2.98. The van der Waals surface area contributed by atoms with Gasteiger partial charge in [0, 0.05) is 11.9 Å². The molecule has 7 heteroatoms. The zero-order chi connectivity index (χ0) is 22.1. The molecule has 160 valence electrons. The number of rotatable bonds is 9. The minimum Gasteiger partial charge on any atom is -0.457 e. The highest BCUT2D eigenvalue weighted by atomic mass is 16.5. The van der Waals surface area contributed by atoms with Crippen LogP contribution in [0.25, 0.3) is 0 Å². The topological polar surface area (TPSA) is 93.2 Å². The Morgan fingerprint density at radius 1 is 1.03 bits per heavy atom. The molecule has 2 amide bonds. The van der Waals surface area contributed by atoms with Gasteiger partial charge in [-0.1, -0.05) is 43.7 Å². The molecule has 1 unspecified atom stereocenters. The van der Waals surface area contributed by atoms with Gasteiger partial charge in [-0.05, 0) is 49.2 Å². The molecule has 0 saturated carbocycles. The van der Waals surface area contributed by atoms with Crippen molar-refractivity contribution in [2.45, 2.75) is 39.2 Å². The van der Waals surface area contributed by atoms with Gasteiger partial charge >= 0.3 is 0 Å². The Morgan fingerprint density at radius 3 is 2.55 bits per heavy atom. The molecule has 7 nitrogen and oxygen atoms in total. The van der Waals surface area contributed by atoms with Crippen LogP contribution < -0.4 is 15.4 Å². The van der Waals surface area contributed by atoms with Crippen LogP contribution in [0.15, 0.2) is 66.9 Å². The number of anilines is 1. The van der Waals surface area contributed by atoms with E-state index in [0.29, 0.717) is 12.2 Å². The Balaban J connectivity index is 1.60. The van der Waals surface area contributed by atoms with E-state index in [9.17, 15) is 9.59 Å². The summed E-state index contributed by atoms with van der Waals surface area (Å²) < 4.78 is 5.82. The van der Waals surface area contributed by atoms with Crippen LogP contribution >= 0.6 is 0 Å². The van der Waals surface area contributed by atoms with Crippen LogP contribution in [0, 0.1) is 6.92 Å². The molecular weight excluding hydrogens is 392 g/mol. The lowest BCUT2D eigenvalue weighted by atomic mass is 10.1. The number of carbonyl (C=O) groups excluding carboxylic acids is 2. The Bertz CT molecular complexity index is 1020. The maximum atomic E-state index is 12.6. The first-order valence-corrected chi connectivity index (χ1v) is 10.2. The standard InChI is InChI=1S/C24H26N4O3/c1-3-8-21(23(30)28-24-25-14-13-17(2)26-24)27-22(29)16-18-9-7-12-20(15-18)31-19-10-5-4-6-11-19/h4-7,9-15,21H,3,8,16H2,1-2H3,(H,27,29)(H,25,26,28,30). The predicted molar refractivity (Wildman–Crippen MR) is 119 cm³/mol. The first kappa shape index (κ1) is 22.0. The number of hydrogen-bond acceptors (Lipinski definition) is 5. The smallest absolute Gasteiger partial charge is 0.249 e. The van der Waals surface area contributed by atoms with Crippen LogP contribution in [0.5, 0.6) is 11.5 Å². The second-order valence-electron chi connectivity index (χ2n) is 7.16. The van der Waals surface area contributed by atoms with Gasteiger partial charge in [0.2, 0.25) is 17.8 Å². The molecule has 0 bridgehead atoms. The van der Waals surface area contributed by atoms with Crippen molar-refractivity contribution < 1.29 is 14.3 Å². The van der Waals surface area contributed by atoms with Crippen molar-refractivity contribution in [2.24, 2.45) is 0 Å². The van der Waals surface area contributed by atoms with Crippen molar-refractivity contribution in [3.63, 3.8) is 0 Å². The van der Waals surface area contributed by atoms with Gasteiger partial charge < -0.3 is 10.1 Å². The van der Waals surface area contributed by atoms with Crippen molar-refractivity contribution in [2.75, 3.05) is 5.32 Å². The van der Waals surface area contributed by atoms with Crippen LogP contribution in [0.3, 0.4) is 0 Å². The number of para-hydroxylation sites is 1. The molecule has 1 atom stereocenters. The number of nitrogens with one attached hydrogen (secondary N) is 2. The van der Waals surface area contributed by atoms with Gasteiger partial charge in [0.15, 0.2) is 0 Å². The fourth-order valence-corrected chi connectivity index (χ4v) is 3.04. The second-order valence-corrected chi connectivity index (χ2v) is 7.16. The summed E-state index contributed by atoms with van der Waals surface area (Å²) in [5.74, 6) is 1.03. The number of nitrogens with zero attached hydrogens (tertiary/aromatic N) is 2. The van der Waals surface area contributed by atoms with Crippen LogP contribution in [0.1, 0.15) is 31.0 Å². The minimum absolute atomic E-state index is 0.139. The van der Waals surface area contributed by atoms with Gasteiger partial charge in [-0.3, -0.25) is 14.9 Å². The lowest BCUT2D eigenvalue weighted by molar-refractivity contribution is -0.126. The Kier molecular flexibility index (Phi) is 7.70. The summed E-state index contributed by atoms with van der Waals surface area (Å²) in [5.41, 5.74) is 1.54. The van der Waals surface area contributed by atoms with E-state index in [4.69, 9.17) is 4.74 Å². The van der Waals surface area contributed by atoms with Crippen LogP contribution in [-0.2, 0) is 16.0 Å². The van der Waals surface area contributed by atoms with Gasteiger partial charge in [0.25, 0.3) is 0 Å². The number of ether oxygens (including phenoxy) is 1. The molecule has 0 aliphatic carbocycles. The van der Waals surface area contributed by atoms with E-state index in [1.165, 1.54) is 0 Å². The number of carbonyl (C=O) groups is 2. The lowest BCUT2D eigenvalue weighted by Crippen LogP contribution is -2.44. The zero-order valence-electron chi connectivity index (χ0n) is 17.7. The largest absolute Gasteiger partial charge is 0.457 e. The summed E-state index contributed by atoms with van der Waals surface area (Å²) in [4.78, 5) is 33.5. The first-order valence-electron chi connectivity index (χ1n) is 10.2. The molecule has 3 rings (SSSR count). The summed E-state index contributed by atoms with van der Waals surface area (Å²) in [5, 5.41) is 5.50. The van der Waals surface area contributed by atoms with E-state index >= 15 is 0 Å². The Labute approximate surface area is 181 Å². The van der Waals surface area contributed by atoms with E-state index in [1.54, 1.807) is 12.3 Å². The number of amides is 2. The zero-order valence-corrected chi connectivity index (χ0v) is 17.7.